The van der Waals surface area contributed by atoms with Crippen molar-refractivity contribution < 1.29 is 18.4 Å². The number of alkyl halides is 1. The molecule has 2 amide bonds. The van der Waals surface area contributed by atoms with Gasteiger partial charge in [-0.25, -0.2) is 8.78 Å². The third kappa shape index (κ3) is 4.58. The Hall–Kier alpha value is -2.49. The molecule has 1 aliphatic heterocycles. The number of nitriles is 1. The lowest BCUT2D eigenvalue weighted by Crippen LogP contribution is -2.41. The van der Waals surface area contributed by atoms with Crippen molar-refractivity contribution in [3.05, 3.63) is 35.6 Å². The van der Waals surface area contributed by atoms with Crippen LogP contribution in [0.2, 0.25) is 0 Å². The highest BCUT2D eigenvalue weighted by atomic mass is 19.1. The quantitative estimate of drug-likeness (QED) is 0.732. The minimum absolute atomic E-state index is 0.00185. The van der Waals surface area contributed by atoms with Gasteiger partial charge in [-0.2, -0.15) is 5.26 Å². The topological polar surface area (TPSA) is 73.2 Å². The van der Waals surface area contributed by atoms with Crippen LogP contribution in [0.5, 0.6) is 0 Å². The number of halogens is 2. The highest BCUT2D eigenvalue weighted by Crippen LogP contribution is 2.58. The van der Waals surface area contributed by atoms with Gasteiger partial charge in [0.05, 0.1) is 18.2 Å². The van der Waals surface area contributed by atoms with Crippen LogP contribution >= 0.6 is 0 Å². The summed E-state index contributed by atoms with van der Waals surface area (Å²) in [5.74, 6) is -0.936. The van der Waals surface area contributed by atoms with Gasteiger partial charge in [0, 0.05) is 19.4 Å². The number of nitrogens with one attached hydrogen (secondary N) is 1. The van der Waals surface area contributed by atoms with Gasteiger partial charge < -0.3 is 10.2 Å². The number of carbonyl (C=O) groups excluding carboxylic acids is 2. The smallest absolute Gasteiger partial charge is 0.254 e. The molecule has 5 nitrogen and oxygen atoms in total. The van der Waals surface area contributed by atoms with Gasteiger partial charge in [0.15, 0.2) is 0 Å². The van der Waals surface area contributed by atoms with Crippen LogP contribution < -0.4 is 5.32 Å². The first-order chi connectivity index (χ1) is 14.6. The number of amides is 2. The average molecular weight is 432 g/mol. The molecule has 1 aliphatic carbocycles. The van der Waals surface area contributed by atoms with Crippen molar-refractivity contribution in [1.82, 2.24) is 10.2 Å². The van der Waals surface area contributed by atoms with Crippen molar-refractivity contribution in [2.24, 2.45) is 16.7 Å². The van der Waals surface area contributed by atoms with E-state index >= 15 is 0 Å². The number of hydrogen-bond acceptors (Lipinski definition) is 3. The maximum absolute atomic E-state index is 13.9. The van der Waals surface area contributed by atoms with Crippen molar-refractivity contribution in [2.45, 2.75) is 65.1 Å². The predicted octanol–water partition coefficient (Wildman–Crippen LogP) is 4.24. The van der Waals surface area contributed by atoms with E-state index in [1.165, 1.54) is 17.0 Å². The largest absolute Gasteiger partial charge is 0.352 e. The molecule has 168 valence electrons. The van der Waals surface area contributed by atoms with E-state index in [9.17, 15) is 23.6 Å². The van der Waals surface area contributed by atoms with Crippen LogP contribution in [-0.2, 0) is 4.79 Å². The molecule has 1 N–H and O–H groups in total. The zero-order valence-corrected chi connectivity index (χ0v) is 18.5. The van der Waals surface area contributed by atoms with Crippen LogP contribution in [0.4, 0.5) is 8.78 Å². The van der Waals surface area contributed by atoms with Gasteiger partial charge in [-0.3, -0.25) is 9.59 Å². The van der Waals surface area contributed by atoms with Gasteiger partial charge in [-0.05, 0) is 48.1 Å². The van der Waals surface area contributed by atoms with E-state index in [2.05, 4.69) is 26.1 Å². The first kappa shape index (κ1) is 23.2. The Labute approximate surface area is 182 Å². The fourth-order valence-electron chi connectivity index (χ4n) is 5.14. The van der Waals surface area contributed by atoms with Crippen LogP contribution in [-0.4, -0.2) is 42.0 Å². The summed E-state index contributed by atoms with van der Waals surface area (Å²) < 4.78 is 27.5. The number of hydrogen-bond donors (Lipinski definition) is 1. The summed E-state index contributed by atoms with van der Waals surface area (Å²) >= 11 is 0. The standard InChI is InChI=1S/C24H31F2N3O2/c1-23(2)16(14-28-22(31)19-6-4-5-7-20(19)26)8-10-24(23,3)11-9-21(30)29-15-17(25)12-18(29)13-27/h4-7,16-18H,8-12,14-15H2,1-3H3,(H,28,31)/t16-,17+,18+,24+/m1/s1. The van der Waals surface area contributed by atoms with Crippen LogP contribution in [0.15, 0.2) is 24.3 Å². The second-order valence-electron chi connectivity index (χ2n) is 9.73. The fourth-order valence-corrected chi connectivity index (χ4v) is 5.14. The van der Waals surface area contributed by atoms with Gasteiger partial charge in [0.1, 0.15) is 18.0 Å². The number of nitrogens with zero attached hydrogens (tertiary/aromatic N) is 2. The third-order valence-electron chi connectivity index (χ3n) is 7.86. The van der Waals surface area contributed by atoms with E-state index in [-0.39, 0.29) is 47.6 Å². The summed E-state index contributed by atoms with van der Waals surface area (Å²) in [4.78, 5) is 26.4. The summed E-state index contributed by atoms with van der Waals surface area (Å²) in [6.45, 7) is 6.90. The Morgan fingerprint density at radius 3 is 2.68 bits per heavy atom. The molecule has 1 aromatic rings. The van der Waals surface area contributed by atoms with E-state index in [0.29, 0.717) is 13.0 Å². The van der Waals surface area contributed by atoms with Crippen LogP contribution in [0.3, 0.4) is 0 Å². The first-order valence-corrected chi connectivity index (χ1v) is 10.9. The van der Waals surface area contributed by atoms with Gasteiger partial charge in [-0.15, -0.1) is 0 Å². The van der Waals surface area contributed by atoms with Crippen molar-refractivity contribution in [3.8, 4) is 6.07 Å². The van der Waals surface area contributed by atoms with Gasteiger partial charge in [-0.1, -0.05) is 32.9 Å². The van der Waals surface area contributed by atoms with E-state index in [0.717, 1.165) is 12.8 Å². The normalized spacial score (nSPS) is 29.5. The van der Waals surface area contributed by atoms with Gasteiger partial charge in [0.2, 0.25) is 5.91 Å². The van der Waals surface area contributed by atoms with E-state index in [1.54, 1.807) is 12.1 Å². The van der Waals surface area contributed by atoms with Crippen molar-refractivity contribution >= 4 is 11.8 Å². The molecule has 3 rings (SSSR count). The Morgan fingerprint density at radius 2 is 2.00 bits per heavy atom. The minimum atomic E-state index is -1.13. The highest BCUT2D eigenvalue weighted by Gasteiger charge is 2.51. The molecular weight excluding hydrogens is 400 g/mol. The molecule has 1 aromatic carbocycles. The van der Waals surface area contributed by atoms with Crippen LogP contribution in [0, 0.1) is 33.9 Å². The highest BCUT2D eigenvalue weighted by molar-refractivity contribution is 5.94. The lowest BCUT2D eigenvalue weighted by Gasteiger charge is -2.42. The maximum atomic E-state index is 13.9. The molecule has 0 spiro atoms. The Balaban J connectivity index is 1.58. The number of rotatable bonds is 6. The average Bonchev–Trinajstić information content (AvgIpc) is 3.22. The zero-order valence-electron chi connectivity index (χ0n) is 18.5. The number of carbonyl (C=O) groups is 2. The molecule has 1 saturated carbocycles. The van der Waals surface area contributed by atoms with Crippen molar-refractivity contribution in [3.63, 3.8) is 0 Å². The van der Waals surface area contributed by atoms with E-state index in [4.69, 9.17) is 0 Å². The minimum Gasteiger partial charge on any atom is -0.352 e. The number of likely N-dealkylation sites (tertiary alicyclic amines) is 1. The van der Waals surface area contributed by atoms with Crippen molar-refractivity contribution in [1.29, 1.82) is 5.26 Å². The second kappa shape index (κ2) is 8.94. The Morgan fingerprint density at radius 1 is 1.29 bits per heavy atom. The SMILES string of the molecule is CC1(C)[C@@H](CNC(=O)c2ccccc2F)CC[C@@]1(C)CCC(=O)N1C[C@@H](F)C[C@H]1C#N. The molecule has 2 fully saturated rings. The predicted molar refractivity (Wildman–Crippen MR) is 113 cm³/mol. The zero-order chi connectivity index (χ0) is 22.8. The van der Waals surface area contributed by atoms with Gasteiger partial charge >= 0.3 is 0 Å². The molecule has 0 bridgehead atoms. The summed E-state index contributed by atoms with van der Waals surface area (Å²) in [5, 5.41) is 12.1. The summed E-state index contributed by atoms with van der Waals surface area (Å²) in [5.41, 5.74) is -0.249. The number of benzene rings is 1. The summed E-state index contributed by atoms with van der Waals surface area (Å²) in [7, 11) is 0. The molecule has 0 unspecified atom stereocenters. The van der Waals surface area contributed by atoms with E-state index in [1.807, 2.05) is 6.07 Å². The molecule has 4 atom stereocenters. The van der Waals surface area contributed by atoms with Crippen LogP contribution in [0.25, 0.3) is 0 Å². The molecule has 1 heterocycles. The summed E-state index contributed by atoms with van der Waals surface area (Å²) in [6.07, 6.45) is 1.68. The monoisotopic (exact) mass is 431 g/mol. The summed E-state index contributed by atoms with van der Waals surface area (Å²) in [6, 6.07) is 7.27. The molecule has 0 aromatic heterocycles. The Bertz CT molecular complexity index is 882. The molecule has 1 saturated heterocycles. The Kier molecular flexibility index (Phi) is 6.68. The molecule has 7 heteroatoms. The van der Waals surface area contributed by atoms with Crippen molar-refractivity contribution in [2.75, 3.05) is 13.1 Å². The van der Waals surface area contributed by atoms with Gasteiger partial charge in [0.25, 0.3) is 5.91 Å². The second-order valence-corrected chi connectivity index (χ2v) is 9.73. The van der Waals surface area contributed by atoms with E-state index < -0.39 is 23.9 Å². The fraction of sp³-hybridized carbons (Fsp3) is 0.625. The molecule has 31 heavy (non-hydrogen) atoms. The first-order valence-electron chi connectivity index (χ1n) is 10.9. The maximum Gasteiger partial charge on any atom is 0.254 e. The lowest BCUT2D eigenvalue weighted by molar-refractivity contribution is -0.132. The molecule has 2 aliphatic rings. The van der Waals surface area contributed by atoms with Crippen LogP contribution in [0.1, 0.15) is 63.2 Å². The lowest BCUT2D eigenvalue weighted by atomic mass is 9.63. The third-order valence-corrected chi connectivity index (χ3v) is 7.86. The molecule has 0 radical (unpaired) electrons. The molecular formula is C24H31F2N3O2.